The number of carbonyl (C=O) groups is 4. The lowest BCUT2D eigenvalue weighted by Gasteiger charge is -2.63. The van der Waals surface area contributed by atoms with Crippen LogP contribution in [-0.4, -0.2) is 97.2 Å². The van der Waals surface area contributed by atoms with E-state index < -0.39 is 11.9 Å². The minimum Gasteiger partial charge on any atom is -0.490 e. The fourth-order valence-corrected chi connectivity index (χ4v) is 10.7. The van der Waals surface area contributed by atoms with Gasteiger partial charge in [0.25, 0.3) is 11.8 Å². The van der Waals surface area contributed by atoms with Crippen molar-refractivity contribution in [2.75, 3.05) is 37.7 Å². The Hall–Kier alpha value is -5.45. The Morgan fingerprint density at radius 2 is 1.44 bits per heavy atom. The molecule has 1 spiro atoms. The molecule has 322 valence electrons. The number of hydrogen-bond donors (Lipinski definition) is 3. The van der Waals surface area contributed by atoms with Gasteiger partial charge in [0.1, 0.15) is 29.7 Å². The minimum atomic E-state index is -0.716. The van der Waals surface area contributed by atoms with Crippen LogP contribution in [0.2, 0.25) is 0 Å². The first-order chi connectivity index (χ1) is 29.0. The van der Waals surface area contributed by atoms with Crippen LogP contribution >= 0.6 is 0 Å². The maximum Gasteiger partial charge on any atom is 0.251 e. The molecule has 5 fully saturated rings. The van der Waals surface area contributed by atoms with Crippen molar-refractivity contribution in [1.29, 1.82) is 5.26 Å². The number of ether oxygens (including phenoxy) is 3. The molecule has 3 aromatic rings. The van der Waals surface area contributed by atoms with Gasteiger partial charge in [-0.3, -0.25) is 29.4 Å². The van der Waals surface area contributed by atoms with Crippen molar-refractivity contribution >= 4 is 29.3 Å². The first kappa shape index (κ1) is 42.2. The smallest absolute Gasteiger partial charge is 0.251 e. The average Bonchev–Trinajstić information content (AvgIpc) is 3.21. The maximum atomic E-state index is 13.6. The van der Waals surface area contributed by atoms with Crippen molar-refractivity contribution in [3.8, 4) is 17.6 Å². The Morgan fingerprint density at radius 3 is 2.05 bits per heavy atom. The fourth-order valence-electron chi connectivity index (χ4n) is 10.7. The normalized spacial score (nSPS) is 26.5. The van der Waals surface area contributed by atoms with Gasteiger partial charge < -0.3 is 29.7 Å². The van der Waals surface area contributed by atoms with Crippen LogP contribution in [0.15, 0.2) is 60.7 Å². The summed E-state index contributed by atoms with van der Waals surface area (Å²) in [6.07, 6.45) is 4.20. The monoisotopic (exact) mass is 830 g/mol. The van der Waals surface area contributed by atoms with Crippen LogP contribution in [0, 0.1) is 36.0 Å². The molecule has 3 saturated heterocycles. The molecule has 3 aromatic carbocycles. The van der Waals surface area contributed by atoms with Crippen molar-refractivity contribution in [3.63, 3.8) is 0 Å². The molecular formula is C48H58N6O7. The second kappa shape index (κ2) is 16.4. The van der Waals surface area contributed by atoms with E-state index in [4.69, 9.17) is 14.2 Å². The van der Waals surface area contributed by atoms with E-state index in [1.165, 1.54) is 0 Å². The van der Waals surface area contributed by atoms with Crippen LogP contribution in [0.4, 0.5) is 5.69 Å². The quantitative estimate of drug-likeness (QED) is 0.219. The number of hydrogen-bond acceptors (Lipinski definition) is 10. The van der Waals surface area contributed by atoms with Crippen molar-refractivity contribution in [1.82, 2.24) is 20.9 Å². The number of amides is 4. The summed E-state index contributed by atoms with van der Waals surface area (Å²) >= 11 is 0. The van der Waals surface area contributed by atoms with Gasteiger partial charge in [-0.1, -0.05) is 27.7 Å². The molecule has 0 bridgehead atoms. The summed E-state index contributed by atoms with van der Waals surface area (Å²) in [5, 5.41) is 17.8. The molecular weight excluding hydrogens is 773 g/mol. The fraction of sp³-hybridized carbons (Fsp3) is 0.521. The molecule has 61 heavy (non-hydrogen) atoms. The van der Waals surface area contributed by atoms with Crippen molar-refractivity contribution in [2.45, 2.75) is 116 Å². The lowest BCUT2D eigenvalue weighted by atomic mass is 9.49. The first-order valence-corrected chi connectivity index (χ1v) is 21.7. The van der Waals surface area contributed by atoms with E-state index in [2.05, 4.69) is 71.6 Å². The summed E-state index contributed by atoms with van der Waals surface area (Å²) in [6.45, 7) is 16.7. The Bertz CT molecular complexity index is 2180. The standard InChI is InChI=1S/C48H58N6O7/c1-29-23-36(24-30(2)38(29)27-49)61-45-46(3,4)44(47(45,5)6)52-42(57)31-7-11-33(12-8-31)53-19-17-48(18-20-53)28-54(21-22-59-48)34-25-37(26-34)60-35-13-9-32(10-14-35)41(56)50-39-15-16-40(55)51-43(39)58/h7-14,23-24,34,37,39,44-45H,15-22,25-26,28H2,1-6H3,(H,50,56)(H,52,57)(H,51,55,58). The van der Waals surface area contributed by atoms with Crippen molar-refractivity contribution < 1.29 is 33.4 Å². The van der Waals surface area contributed by atoms with Gasteiger partial charge >= 0.3 is 0 Å². The summed E-state index contributed by atoms with van der Waals surface area (Å²) in [7, 11) is 0. The van der Waals surface area contributed by atoms with Crippen LogP contribution in [0.25, 0.3) is 0 Å². The van der Waals surface area contributed by atoms with Crippen LogP contribution in [0.3, 0.4) is 0 Å². The maximum absolute atomic E-state index is 13.6. The highest BCUT2D eigenvalue weighted by molar-refractivity contribution is 6.03. The number of benzene rings is 3. The van der Waals surface area contributed by atoms with Gasteiger partial charge in [0, 0.05) is 85.2 Å². The predicted octanol–water partition coefficient (Wildman–Crippen LogP) is 5.60. The second-order valence-corrected chi connectivity index (χ2v) is 19.0. The third-order valence-corrected chi connectivity index (χ3v) is 14.0. The Labute approximate surface area is 358 Å². The summed E-state index contributed by atoms with van der Waals surface area (Å²) in [6, 6.07) is 20.7. The molecule has 3 heterocycles. The Morgan fingerprint density at radius 1 is 0.836 bits per heavy atom. The zero-order valence-electron chi connectivity index (χ0n) is 36.1. The van der Waals surface area contributed by atoms with Gasteiger partial charge in [0.15, 0.2) is 0 Å². The topological polar surface area (TPSA) is 162 Å². The van der Waals surface area contributed by atoms with Gasteiger partial charge in [-0.15, -0.1) is 0 Å². The number of piperidine rings is 2. The molecule has 0 radical (unpaired) electrons. The highest BCUT2D eigenvalue weighted by atomic mass is 16.5. The molecule has 3 aliphatic heterocycles. The zero-order chi connectivity index (χ0) is 43.3. The summed E-state index contributed by atoms with van der Waals surface area (Å²) in [4.78, 5) is 54.7. The summed E-state index contributed by atoms with van der Waals surface area (Å²) in [5.74, 6) is 0.208. The molecule has 4 amide bonds. The predicted molar refractivity (Wildman–Crippen MR) is 230 cm³/mol. The number of imide groups is 1. The molecule has 5 aliphatic rings. The third-order valence-electron chi connectivity index (χ3n) is 14.0. The SMILES string of the molecule is Cc1cc(OC2C(C)(C)C(NC(=O)c3ccc(N4CCC5(CC4)CN(C4CC(Oc6ccc(C(=O)NC7CCC(=O)NC7=O)cc6)C4)CCO5)cc3)C2(C)C)cc(C)c1C#N. The number of anilines is 1. The van der Waals surface area contributed by atoms with E-state index >= 15 is 0 Å². The molecule has 2 aliphatic carbocycles. The highest BCUT2D eigenvalue weighted by Gasteiger charge is 2.64. The van der Waals surface area contributed by atoms with Gasteiger partial charge in [-0.2, -0.15) is 5.26 Å². The zero-order valence-corrected chi connectivity index (χ0v) is 36.1. The lowest BCUT2D eigenvalue weighted by molar-refractivity contribution is -0.164. The number of morpholine rings is 1. The van der Waals surface area contributed by atoms with Crippen LogP contribution in [-0.2, 0) is 14.3 Å². The van der Waals surface area contributed by atoms with Crippen molar-refractivity contribution in [3.05, 3.63) is 88.5 Å². The summed E-state index contributed by atoms with van der Waals surface area (Å²) in [5.41, 5.74) is 3.83. The highest BCUT2D eigenvalue weighted by Crippen LogP contribution is 2.55. The average molecular weight is 831 g/mol. The minimum absolute atomic E-state index is 0.0934. The molecule has 8 rings (SSSR count). The molecule has 2 saturated carbocycles. The molecule has 13 heteroatoms. The second-order valence-electron chi connectivity index (χ2n) is 19.0. The molecule has 13 nitrogen and oxygen atoms in total. The number of carbonyl (C=O) groups excluding carboxylic acids is 4. The molecule has 3 N–H and O–H groups in total. The van der Waals surface area contributed by atoms with E-state index in [1.54, 1.807) is 24.3 Å². The number of rotatable bonds is 10. The molecule has 1 unspecified atom stereocenters. The molecule has 0 aromatic heterocycles. The van der Waals surface area contributed by atoms with Crippen LogP contribution < -0.4 is 30.3 Å². The van der Waals surface area contributed by atoms with Crippen LogP contribution in [0.5, 0.6) is 11.5 Å². The Balaban J connectivity index is 0.781. The van der Waals surface area contributed by atoms with Gasteiger partial charge in [0.05, 0.1) is 23.8 Å². The number of nitrogens with one attached hydrogen (secondary N) is 3. The van der Waals surface area contributed by atoms with Gasteiger partial charge in [-0.25, -0.2) is 0 Å². The van der Waals surface area contributed by atoms with E-state index in [-0.39, 0.29) is 58.8 Å². The van der Waals surface area contributed by atoms with Gasteiger partial charge in [-0.05, 0) is 105 Å². The van der Waals surface area contributed by atoms with Crippen LogP contribution in [0.1, 0.15) is 104 Å². The number of aryl methyl sites for hydroxylation is 2. The number of nitrogens with zero attached hydrogens (tertiary/aromatic N) is 3. The Kier molecular flexibility index (Phi) is 11.4. The van der Waals surface area contributed by atoms with E-state index in [0.717, 1.165) is 74.4 Å². The van der Waals surface area contributed by atoms with E-state index in [9.17, 15) is 24.4 Å². The number of nitriles is 1. The summed E-state index contributed by atoms with van der Waals surface area (Å²) < 4.78 is 19.3. The van der Waals surface area contributed by atoms with Crippen molar-refractivity contribution in [2.24, 2.45) is 10.8 Å². The largest absolute Gasteiger partial charge is 0.490 e. The lowest BCUT2D eigenvalue weighted by Crippen LogP contribution is -2.74. The van der Waals surface area contributed by atoms with E-state index in [0.29, 0.717) is 41.5 Å². The van der Waals surface area contributed by atoms with Gasteiger partial charge in [0.2, 0.25) is 11.8 Å². The van der Waals surface area contributed by atoms with E-state index in [1.807, 2.05) is 38.1 Å². The third kappa shape index (κ3) is 8.45. The first-order valence-electron chi connectivity index (χ1n) is 21.7. The molecule has 1 atom stereocenters.